The molecule has 0 radical (unpaired) electrons. The van der Waals surface area contributed by atoms with Crippen molar-refractivity contribution in [2.75, 3.05) is 13.1 Å². The van der Waals surface area contributed by atoms with Crippen LogP contribution in [0, 0.1) is 5.41 Å². The summed E-state index contributed by atoms with van der Waals surface area (Å²) >= 11 is 0. The molecule has 0 aliphatic carbocycles. The van der Waals surface area contributed by atoms with Crippen molar-refractivity contribution in [3.8, 4) is 0 Å². The summed E-state index contributed by atoms with van der Waals surface area (Å²) in [5.41, 5.74) is 5.49. The van der Waals surface area contributed by atoms with Gasteiger partial charge in [-0.2, -0.15) is 0 Å². The maximum absolute atomic E-state index is 5.72. The molecule has 0 aromatic carbocycles. The molecule has 1 aliphatic heterocycles. The van der Waals surface area contributed by atoms with Crippen LogP contribution in [0.15, 0.2) is 4.99 Å². The highest BCUT2D eigenvalue weighted by molar-refractivity contribution is 5.82. The van der Waals surface area contributed by atoms with Gasteiger partial charge in [-0.05, 0) is 19.4 Å². The van der Waals surface area contributed by atoms with E-state index in [1.165, 1.54) is 0 Å². The zero-order chi connectivity index (χ0) is 9.90. The first kappa shape index (κ1) is 10.5. The molecule has 0 bridgehead atoms. The molecule has 2 N–H and O–H groups in total. The number of aliphatic imine (C=N–C) groups is 1. The van der Waals surface area contributed by atoms with E-state index in [0.29, 0.717) is 0 Å². The second kappa shape index (κ2) is 4.09. The van der Waals surface area contributed by atoms with Gasteiger partial charge >= 0.3 is 0 Å². The van der Waals surface area contributed by atoms with Crippen LogP contribution in [0.2, 0.25) is 0 Å². The summed E-state index contributed by atoms with van der Waals surface area (Å²) in [6.45, 7) is 7.92. The van der Waals surface area contributed by atoms with Crippen LogP contribution in [0.4, 0.5) is 0 Å². The normalized spacial score (nSPS) is 22.8. The molecule has 0 aromatic rings. The van der Waals surface area contributed by atoms with Crippen LogP contribution in [0.5, 0.6) is 0 Å². The van der Waals surface area contributed by atoms with Crippen molar-refractivity contribution >= 4 is 5.90 Å². The Labute approximate surface area is 80.4 Å². The number of nitrogens with zero attached hydrogens (tertiary/aromatic N) is 1. The third kappa shape index (κ3) is 2.99. The zero-order valence-electron chi connectivity index (χ0n) is 8.84. The zero-order valence-corrected chi connectivity index (χ0v) is 8.84. The molecule has 13 heavy (non-hydrogen) atoms. The van der Waals surface area contributed by atoms with E-state index in [9.17, 15) is 0 Å². The van der Waals surface area contributed by atoms with Crippen LogP contribution in [-0.4, -0.2) is 25.1 Å². The van der Waals surface area contributed by atoms with Gasteiger partial charge in [-0.1, -0.05) is 20.8 Å². The lowest BCUT2D eigenvalue weighted by atomic mass is 9.97. The highest BCUT2D eigenvalue weighted by Gasteiger charge is 2.28. The molecule has 1 heterocycles. The lowest BCUT2D eigenvalue weighted by Gasteiger charge is -2.19. The molecule has 0 saturated carbocycles. The monoisotopic (exact) mass is 184 g/mol. The minimum absolute atomic E-state index is 0.0530. The molecule has 0 aromatic heterocycles. The van der Waals surface area contributed by atoms with Gasteiger partial charge in [0.1, 0.15) is 6.10 Å². The van der Waals surface area contributed by atoms with E-state index in [2.05, 4.69) is 25.8 Å². The summed E-state index contributed by atoms with van der Waals surface area (Å²) in [5.74, 6) is 0.898. The van der Waals surface area contributed by atoms with Crippen molar-refractivity contribution in [2.45, 2.75) is 39.7 Å². The Kier molecular flexibility index (Phi) is 3.31. The summed E-state index contributed by atoms with van der Waals surface area (Å²) in [5, 5.41) is 0. The Morgan fingerprint density at radius 1 is 1.54 bits per heavy atom. The van der Waals surface area contributed by atoms with Gasteiger partial charge in [-0.3, -0.25) is 4.99 Å². The molecular weight excluding hydrogens is 164 g/mol. The van der Waals surface area contributed by atoms with Crippen LogP contribution in [-0.2, 0) is 4.74 Å². The summed E-state index contributed by atoms with van der Waals surface area (Å²) in [6, 6.07) is 0. The average molecular weight is 184 g/mol. The predicted octanol–water partition coefficient (Wildman–Crippen LogP) is 1.57. The third-order valence-electron chi connectivity index (χ3n) is 2.09. The summed E-state index contributed by atoms with van der Waals surface area (Å²) in [7, 11) is 0. The van der Waals surface area contributed by atoms with Crippen LogP contribution >= 0.6 is 0 Å². The topological polar surface area (TPSA) is 47.6 Å². The van der Waals surface area contributed by atoms with E-state index in [1.54, 1.807) is 0 Å². The Hall–Kier alpha value is -0.570. The van der Waals surface area contributed by atoms with E-state index in [4.69, 9.17) is 10.5 Å². The van der Waals surface area contributed by atoms with Crippen LogP contribution in [0.25, 0.3) is 0 Å². The molecule has 1 rings (SSSR count). The lowest BCUT2D eigenvalue weighted by molar-refractivity contribution is 0.189. The van der Waals surface area contributed by atoms with Crippen molar-refractivity contribution in [3.63, 3.8) is 0 Å². The van der Waals surface area contributed by atoms with Gasteiger partial charge in [-0.15, -0.1) is 0 Å². The molecule has 1 aliphatic rings. The standard InChI is InChI=1S/C10H20N2O/c1-10(2,3)9-12-7-8(13-9)5-4-6-11/h8H,4-7,11H2,1-3H3. The molecule has 0 saturated heterocycles. The van der Waals surface area contributed by atoms with Crippen LogP contribution < -0.4 is 5.73 Å². The largest absolute Gasteiger partial charge is 0.475 e. The van der Waals surface area contributed by atoms with E-state index < -0.39 is 0 Å². The molecule has 0 fully saturated rings. The van der Waals surface area contributed by atoms with Gasteiger partial charge in [0.25, 0.3) is 0 Å². The number of hydrogen-bond acceptors (Lipinski definition) is 3. The van der Waals surface area contributed by atoms with Crippen molar-refractivity contribution < 1.29 is 4.74 Å². The highest BCUT2D eigenvalue weighted by atomic mass is 16.5. The van der Waals surface area contributed by atoms with E-state index >= 15 is 0 Å². The average Bonchev–Trinajstić information content (AvgIpc) is 2.47. The Morgan fingerprint density at radius 2 is 2.23 bits per heavy atom. The second-order valence-electron chi connectivity index (χ2n) is 4.57. The van der Waals surface area contributed by atoms with Crippen molar-refractivity contribution in [1.82, 2.24) is 0 Å². The molecule has 76 valence electrons. The van der Waals surface area contributed by atoms with Gasteiger partial charge in [0.2, 0.25) is 0 Å². The fourth-order valence-electron chi connectivity index (χ4n) is 1.33. The molecule has 0 spiro atoms. The Morgan fingerprint density at radius 3 is 2.69 bits per heavy atom. The maximum Gasteiger partial charge on any atom is 0.189 e. The maximum atomic E-state index is 5.72. The van der Waals surface area contributed by atoms with Gasteiger partial charge in [-0.25, -0.2) is 0 Å². The van der Waals surface area contributed by atoms with Crippen LogP contribution in [0.1, 0.15) is 33.6 Å². The van der Waals surface area contributed by atoms with E-state index in [0.717, 1.165) is 31.8 Å². The van der Waals surface area contributed by atoms with Gasteiger partial charge in [0.05, 0.1) is 6.54 Å². The lowest BCUT2D eigenvalue weighted by Crippen LogP contribution is -2.23. The minimum Gasteiger partial charge on any atom is -0.475 e. The Bertz CT molecular complexity index is 194. The number of rotatable bonds is 3. The fraction of sp³-hybridized carbons (Fsp3) is 0.900. The first-order chi connectivity index (χ1) is 6.04. The first-order valence-electron chi connectivity index (χ1n) is 4.95. The fourth-order valence-corrected chi connectivity index (χ4v) is 1.33. The van der Waals surface area contributed by atoms with Crippen molar-refractivity contribution in [1.29, 1.82) is 0 Å². The van der Waals surface area contributed by atoms with Crippen LogP contribution in [0.3, 0.4) is 0 Å². The van der Waals surface area contributed by atoms with E-state index in [-0.39, 0.29) is 11.5 Å². The molecule has 1 unspecified atom stereocenters. The van der Waals surface area contributed by atoms with Crippen molar-refractivity contribution in [3.05, 3.63) is 0 Å². The van der Waals surface area contributed by atoms with E-state index in [1.807, 2.05) is 0 Å². The smallest absolute Gasteiger partial charge is 0.189 e. The third-order valence-corrected chi connectivity index (χ3v) is 2.09. The molecular formula is C10H20N2O. The van der Waals surface area contributed by atoms with Gasteiger partial charge < -0.3 is 10.5 Å². The molecule has 3 heteroatoms. The van der Waals surface area contributed by atoms with Crippen molar-refractivity contribution in [2.24, 2.45) is 16.1 Å². The first-order valence-corrected chi connectivity index (χ1v) is 4.95. The minimum atomic E-state index is 0.0530. The molecule has 1 atom stereocenters. The number of nitrogens with two attached hydrogens (primary N) is 1. The molecule has 3 nitrogen and oxygen atoms in total. The Balaban J connectivity index is 2.34. The summed E-state index contributed by atoms with van der Waals surface area (Å²) < 4.78 is 5.72. The molecule has 0 amide bonds. The quantitative estimate of drug-likeness (QED) is 0.723. The number of ether oxygens (including phenoxy) is 1. The van der Waals surface area contributed by atoms with Gasteiger partial charge in [0.15, 0.2) is 5.90 Å². The SMILES string of the molecule is CC(C)(C)C1=NCC(CCCN)O1. The summed E-state index contributed by atoms with van der Waals surface area (Å²) in [4.78, 5) is 4.39. The number of hydrogen-bond donors (Lipinski definition) is 1. The predicted molar refractivity (Wildman–Crippen MR) is 54.9 cm³/mol. The summed E-state index contributed by atoms with van der Waals surface area (Å²) in [6.07, 6.45) is 2.33. The highest BCUT2D eigenvalue weighted by Crippen LogP contribution is 2.23. The van der Waals surface area contributed by atoms with Gasteiger partial charge in [0, 0.05) is 5.41 Å². The second-order valence-corrected chi connectivity index (χ2v) is 4.57.